The number of nitrogens with zero attached hydrogens (tertiary/aromatic N) is 1. The van der Waals surface area contributed by atoms with E-state index in [1.54, 1.807) is 12.1 Å². The van der Waals surface area contributed by atoms with E-state index in [-0.39, 0.29) is 63.8 Å². The molecule has 3 rings (SSSR count). The summed E-state index contributed by atoms with van der Waals surface area (Å²) in [7, 11) is 0. The minimum absolute atomic E-state index is 0. The quantitative estimate of drug-likeness (QED) is 0.256. The number of hydroxylamine groups is 1. The minimum atomic E-state index is -0.609. The van der Waals surface area contributed by atoms with Crippen LogP contribution in [0.4, 0.5) is 8.78 Å². The van der Waals surface area contributed by atoms with E-state index in [0.717, 1.165) is 34.7 Å². The van der Waals surface area contributed by atoms with E-state index in [1.165, 1.54) is 43.9 Å². The summed E-state index contributed by atoms with van der Waals surface area (Å²) in [5, 5.41) is 0. The van der Waals surface area contributed by atoms with Gasteiger partial charge in [-0.1, -0.05) is 76.1 Å². The van der Waals surface area contributed by atoms with Crippen molar-refractivity contribution in [2.24, 2.45) is 23.3 Å². The molecule has 2 aromatic rings. The molecule has 0 aliphatic heterocycles. The van der Waals surface area contributed by atoms with Crippen molar-refractivity contribution in [2.45, 2.75) is 59.0 Å². The molecule has 2 aromatic carbocycles. The summed E-state index contributed by atoms with van der Waals surface area (Å²) >= 11 is 0. The Balaban J connectivity index is 0.000000611. The number of aryl methyl sites for hydroxylation is 1. The largest absolute Gasteiger partial charge is 1.00 e. The topological polar surface area (TPSA) is 75.4 Å². The van der Waals surface area contributed by atoms with Gasteiger partial charge in [-0.05, 0) is 66.0 Å². The normalized spacial score (nSPS) is 17.2. The van der Waals surface area contributed by atoms with E-state index in [2.05, 4.69) is 25.9 Å². The summed E-state index contributed by atoms with van der Waals surface area (Å²) < 4.78 is 26.5. The Bertz CT molecular complexity index is 975. The first-order chi connectivity index (χ1) is 16.8. The van der Waals surface area contributed by atoms with E-state index < -0.39 is 5.83 Å². The van der Waals surface area contributed by atoms with Crippen LogP contribution in [0.1, 0.15) is 62.6 Å². The van der Waals surface area contributed by atoms with Crippen LogP contribution in [0.15, 0.2) is 78.9 Å². The van der Waals surface area contributed by atoms with Gasteiger partial charge in [-0.2, -0.15) is 0 Å². The van der Waals surface area contributed by atoms with Crippen molar-refractivity contribution < 1.29 is 65.0 Å². The van der Waals surface area contributed by atoms with Crippen molar-refractivity contribution in [3.8, 4) is 0 Å². The van der Waals surface area contributed by atoms with Gasteiger partial charge in [0, 0.05) is 11.9 Å². The standard InChI is InChI=1S/C21H22F2N3O.C8H16.K/c1-15(25)18-7-2-17(3-8-18)14-27-26-21(12-20(23)13-24)11-6-16-4-9-19(22)10-5-16;1-3-4-8-6-5-7(8)2;/h2-5,7-10,12-13H,1,6,11,14,24-25H2;7-8H,3-6H2,1-2H3;/q-1;;+1/b20-13+,21-12+;;. The molecule has 2 atom stereocenters. The first-order valence-electron chi connectivity index (χ1n) is 12.2. The minimum Gasteiger partial charge on any atom is -0.565 e. The Morgan fingerprint density at radius 1 is 1.11 bits per heavy atom. The molecule has 1 aliphatic carbocycles. The zero-order valence-electron chi connectivity index (χ0n) is 21.9. The van der Waals surface area contributed by atoms with E-state index >= 15 is 0 Å². The first-order valence-corrected chi connectivity index (χ1v) is 12.2. The van der Waals surface area contributed by atoms with Crippen LogP contribution in [0, 0.1) is 17.7 Å². The molecule has 36 heavy (non-hydrogen) atoms. The number of nitrogens with two attached hydrogens (primary N) is 2. The van der Waals surface area contributed by atoms with Crippen LogP contribution in [0.25, 0.3) is 11.2 Å². The van der Waals surface area contributed by atoms with Crippen molar-refractivity contribution in [3.63, 3.8) is 0 Å². The molecule has 0 heterocycles. The number of hydrogen-bond donors (Lipinski definition) is 2. The van der Waals surface area contributed by atoms with Crippen LogP contribution in [0.2, 0.25) is 0 Å². The van der Waals surface area contributed by atoms with Crippen LogP contribution in [0.5, 0.6) is 0 Å². The van der Waals surface area contributed by atoms with Crippen LogP contribution in [-0.4, -0.2) is 0 Å². The summed E-state index contributed by atoms with van der Waals surface area (Å²) in [5.41, 5.74) is 18.3. The average Bonchev–Trinajstić information content (AvgIpc) is 2.86. The fourth-order valence-corrected chi connectivity index (χ4v) is 3.82. The predicted molar refractivity (Wildman–Crippen MR) is 141 cm³/mol. The van der Waals surface area contributed by atoms with Gasteiger partial charge < -0.3 is 21.8 Å². The first kappa shape index (κ1) is 32.5. The Morgan fingerprint density at radius 2 is 1.75 bits per heavy atom. The van der Waals surface area contributed by atoms with Crippen LogP contribution >= 0.6 is 0 Å². The summed E-state index contributed by atoms with van der Waals surface area (Å²) in [4.78, 5) is 5.34. The second-order valence-electron chi connectivity index (χ2n) is 9.00. The van der Waals surface area contributed by atoms with Gasteiger partial charge in [-0.15, -0.1) is 5.70 Å². The maximum absolute atomic E-state index is 13.5. The zero-order valence-corrected chi connectivity index (χ0v) is 25.0. The molecule has 1 aliphatic rings. The molecule has 7 heteroatoms. The molecule has 4 nitrogen and oxygen atoms in total. The Hall–Kier alpha value is -1.48. The molecule has 2 unspecified atom stereocenters. The fourth-order valence-electron chi connectivity index (χ4n) is 3.82. The molecule has 0 spiro atoms. The van der Waals surface area contributed by atoms with E-state index in [9.17, 15) is 8.78 Å². The SMILES string of the molecule is C=C(N)c1ccc(CO[N-]/C(=C/C(F)=C\N)CCc2ccc(F)cc2)cc1.CCCC1CCC1C.[K+]. The molecular formula is C29H38F2KN3O. The summed E-state index contributed by atoms with van der Waals surface area (Å²) in [5.74, 6) is 1.24. The smallest absolute Gasteiger partial charge is 0.565 e. The number of halogens is 2. The molecule has 190 valence electrons. The predicted octanol–water partition coefficient (Wildman–Crippen LogP) is 4.68. The third-order valence-corrected chi connectivity index (χ3v) is 6.24. The van der Waals surface area contributed by atoms with Crippen LogP contribution in [0.3, 0.4) is 0 Å². The molecule has 0 saturated heterocycles. The Morgan fingerprint density at radius 3 is 2.22 bits per heavy atom. The van der Waals surface area contributed by atoms with Crippen LogP contribution < -0.4 is 62.9 Å². The van der Waals surface area contributed by atoms with Crippen molar-refractivity contribution in [2.75, 3.05) is 0 Å². The second kappa shape index (κ2) is 17.9. The number of rotatable bonds is 11. The van der Waals surface area contributed by atoms with E-state index in [4.69, 9.17) is 16.3 Å². The van der Waals surface area contributed by atoms with Gasteiger partial charge in [0.25, 0.3) is 0 Å². The van der Waals surface area contributed by atoms with Gasteiger partial charge in [0.1, 0.15) is 11.6 Å². The molecule has 1 fully saturated rings. The summed E-state index contributed by atoms with van der Waals surface area (Å²) in [6, 6.07) is 13.5. The maximum atomic E-state index is 13.5. The van der Waals surface area contributed by atoms with Gasteiger partial charge in [0.15, 0.2) is 0 Å². The monoisotopic (exact) mass is 521 g/mol. The van der Waals surface area contributed by atoms with Gasteiger partial charge in [0.2, 0.25) is 0 Å². The molecule has 0 radical (unpaired) electrons. The third kappa shape index (κ3) is 12.2. The average molecular weight is 522 g/mol. The summed E-state index contributed by atoms with van der Waals surface area (Å²) in [6.07, 6.45) is 8.90. The van der Waals surface area contributed by atoms with Gasteiger partial charge in [0.05, 0.1) is 6.61 Å². The molecule has 1 saturated carbocycles. The van der Waals surface area contributed by atoms with E-state index in [0.29, 0.717) is 24.2 Å². The molecule has 0 amide bonds. The Labute approximate surface area is 257 Å². The Kier molecular flexibility index (Phi) is 16.2. The van der Waals surface area contributed by atoms with Gasteiger partial charge in [-0.3, -0.25) is 0 Å². The summed E-state index contributed by atoms with van der Waals surface area (Å²) in [6.45, 7) is 8.56. The van der Waals surface area contributed by atoms with Crippen molar-refractivity contribution in [3.05, 3.63) is 107 Å². The maximum Gasteiger partial charge on any atom is 1.00 e. The molecule has 0 aromatic heterocycles. The molecule has 4 N–H and O–H groups in total. The van der Waals surface area contributed by atoms with Crippen LogP contribution in [-0.2, 0) is 17.9 Å². The number of allylic oxidation sites excluding steroid dienone is 3. The second-order valence-corrected chi connectivity index (χ2v) is 9.00. The van der Waals surface area contributed by atoms with Crippen molar-refractivity contribution in [1.82, 2.24) is 0 Å². The molecule has 0 bridgehead atoms. The van der Waals surface area contributed by atoms with Gasteiger partial charge >= 0.3 is 51.4 Å². The van der Waals surface area contributed by atoms with Crippen molar-refractivity contribution in [1.29, 1.82) is 0 Å². The van der Waals surface area contributed by atoms with Crippen molar-refractivity contribution >= 4 is 5.70 Å². The molecular weight excluding hydrogens is 483 g/mol. The third-order valence-electron chi connectivity index (χ3n) is 6.24. The van der Waals surface area contributed by atoms with E-state index in [1.807, 2.05) is 24.3 Å². The number of benzene rings is 2. The number of hydrogen-bond acceptors (Lipinski definition) is 3. The fraction of sp³-hybridized carbons (Fsp3) is 0.379. The van der Waals surface area contributed by atoms with Gasteiger partial charge in [-0.25, -0.2) is 8.78 Å². The zero-order chi connectivity index (χ0) is 25.6.